The second-order valence-corrected chi connectivity index (χ2v) is 6.48. The molecule has 0 amide bonds. The van der Waals surface area contributed by atoms with E-state index < -0.39 is 0 Å². The fourth-order valence-corrected chi connectivity index (χ4v) is 3.22. The van der Waals surface area contributed by atoms with Gasteiger partial charge in [0, 0.05) is 4.88 Å². The van der Waals surface area contributed by atoms with Gasteiger partial charge in [-0.15, -0.1) is 11.3 Å². The lowest BCUT2D eigenvalue weighted by molar-refractivity contribution is 0.305. The normalized spacial score (nSPS) is 10.2. The van der Waals surface area contributed by atoms with Gasteiger partial charge in [-0.05, 0) is 48.6 Å². The Hall–Kier alpha value is -1.33. The Morgan fingerprint density at radius 1 is 1.47 bits per heavy atom. The van der Waals surface area contributed by atoms with Crippen molar-refractivity contribution < 1.29 is 4.74 Å². The second-order valence-electron chi connectivity index (χ2n) is 4.03. The van der Waals surface area contributed by atoms with E-state index in [-0.39, 0.29) is 0 Å². The predicted octanol–water partition coefficient (Wildman–Crippen LogP) is 3.40. The van der Waals surface area contributed by atoms with Gasteiger partial charge in [0.15, 0.2) is 5.75 Å². The Balaban J connectivity index is 2.18. The molecule has 6 heteroatoms. The van der Waals surface area contributed by atoms with Crippen LogP contribution in [0.15, 0.2) is 12.1 Å². The summed E-state index contributed by atoms with van der Waals surface area (Å²) in [7, 11) is 0. The van der Waals surface area contributed by atoms with Gasteiger partial charge in [0.1, 0.15) is 11.6 Å². The molecule has 98 valence electrons. The van der Waals surface area contributed by atoms with Gasteiger partial charge in [-0.2, -0.15) is 5.26 Å². The minimum Gasteiger partial charge on any atom is -0.483 e. The number of aryl methyl sites for hydroxylation is 2. The van der Waals surface area contributed by atoms with Gasteiger partial charge < -0.3 is 10.5 Å². The molecular formula is C13H12IN3OS. The second kappa shape index (κ2) is 5.75. The molecule has 0 fully saturated rings. The zero-order chi connectivity index (χ0) is 14.0. The highest BCUT2D eigenvalue weighted by molar-refractivity contribution is 14.1. The minimum atomic E-state index is 0.394. The average Bonchev–Trinajstić information content (AvgIpc) is 2.67. The lowest BCUT2D eigenvalue weighted by Gasteiger charge is -2.10. The summed E-state index contributed by atoms with van der Waals surface area (Å²) in [6.45, 7) is 4.41. The van der Waals surface area contributed by atoms with Crippen molar-refractivity contribution in [1.29, 1.82) is 5.26 Å². The van der Waals surface area contributed by atoms with Gasteiger partial charge in [0.05, 0.1) is 26.6 Å². The molecule has 0 spiro atoms. The molecule has 0 bridgehead atoms. The minimum absolute atomic E-state index is 0.394. The first-order valence-corrected chi connectivity index (χ1v) is 7.45. The van der Waals surface area contributed by atoms with Gasteiger partial charge in [0.25, 0.3) is 0 Å². The van der Waals surface area contributed by atoms with Crippen molar-refractivity contribution in [1.82, 2.24) is 4.98 Å². The van der Waals surface area contributed by atoms with Crippen LogP contribution in [0.3, 0.4) is 0 Å². The molecule has 0 atom stereocenters. The van der Waals surface area contributed by atoms with E-state index in [4.69, 9.17) is 15.7 Å². The third kappa shape index (κ3) is 3.16. The van der Waals surface area contributed by atoms with Crippen LogP contribution in [0, 0.1) is 28.7 Å². The number of rotatable bonds is 3. The van der Waals surface area contributed by atoms with Crippen molar-refractivity contribution >= 4 is 39.6 Å². The zero-order valence-electron chi connectivity index (χ0n) is 10.5. The molecule has 1 aromatic heterocycles. The number of nitriles is 1. The molecular weight excluding hydrogens is 373 g/mol. The summed E-state index contributed by atoms with van der Waals surface area (Å²) in [4.78, 5) is 5.61. The summed E-state index contributed by atoms with van der Waals surface area (Å²) >= 11 is 3.74. The van der Waals surface area contributed by atoms with Crippen molar-refractivity contribution in [2.75, 3.05) is 5.73 Å². The van der Waals surface area contributed by atoms with E-state index in [1.807, 2.05) is 13.8 Å². The number of thiazole rings is 1. The van der Waals surface area contributed by atoms with Gasteiger partial charge in [0.2, 0.25) is 0 Å². The Morgan fingerprint density at radius 2 is 2.21 bits per heavy atom. The maximum Gasteiger partial charge on any atom is 0.156 e. The van der Waals surface area contributed by atoms with Crippen LogP contribution < -0.4 is 10.5 Å². The largest absolute Gasteiger partial charge is 0.483 e. The van der Waals surface area contributed by atoms with Gasteiger partial charge >= 0.3 is 0 Å². The molecule has 0 unspecified atom stereocenters. The molecule has 0 aliphatic heterocycles. The fraction of sp³-hybridized carbons (Fsp3) is 0.231. The van der Waals surface area contributed by atoms with E-state index in [1.165, 1.54) is 4.88 Å². The number of hydrogen-bond acceptors (Lipinski definition) is 5. The monoisotopic (exact) mass is 385 g/mol. The molecule has 19 heavy (non-hydrogen) atoms. The molecule has 0 saturated heterocycles. The van der Waals surface area contributed by atoms with Crippen LogP contribution in [0.4, 0.5) is 5.69 Å². The van der Waals surface area contributed by atoms with Crippen molar-refractivity contribution in [3.8, 4) is 11.8 Å². The van der Waals surface area contributed by atoms with E-state index in [2.05, 4.69) is 33.6 Å². The molecule has 1 heterocycles. The van der Waals surface area contributed by atoms with Gasteiger partial charge in [-0.3, -0.25) is 0 Å². The highest BCUT2D eigenvalue weighted by Crippen LogP contribution is 2.30. The van der Waals surface area contributed by atoms with Crippen LogP contribution >= 0.6 is 33.9 Å². The summed E-state index contributed by atoms with van der Waals surface area (Å²) < 4.78 is 6.56. The van der Waals surface area contributed by atoms with Crippen LogP contribution in [0.1, 0.15) is 21.1 Å². The van der Waals surface area contributed by atoms with Crippen LogP contribution in [-0.4, -0.2) is 4.98 Å². The van der Waals surface area contributed by atoms with Crippen molar-refractivity contribution in [2.45, 2.75) is 20.5 Å². The van der Waals surface area contributed by atoms with Crippen LogP contribution in [-0.2, 0) is 6.61 Å². The number of halogens is 1. The number of nitrogen functional groups attached to an aromatic ring is 1. The van der Waals surface area contributed by atoms with E-state index in [0.29, 0.717) is 23.6 Å². The smallest absolute Gasteiger partial charge is 0.156 e. The summed E-state index contributed by atoms with van der Waals surface area (Å²) in [5.74, 6) is 0.616. The maximum absolute atomic E-state index is 8.86. The molecule has 0 aliphatic rings. The van der Waals surface area contributed by atoms with Crippen molar-refractivity contribution in [2.24, 2.45) is 0 Å². The maximum atomic E-state index is 8.86. The van der Waals surface area contributed by atoms with Gasteiger partial charge in [-0.25, -0.2) is 4.98 Å². The van der Waals surface area contributed by atoms with Gasteiger partial charge in [-0.1, -0.05) is 0 Å². The number of benzene rings is 1. The van der Waals surface area contributed by atoms with Crippen molar-refractivity contribution in [3.05, 3.63) is 36.8 Å². The summed E-state index contributed by atoms with van der Waals surface area (Å²) in [5.41, 5.74) is 7.95. The van der Waals surface area contributed by atoms with E-state index >= 15 is 0 Å². The lowest BCUT2D eigenvalue weighted by atomic mass is 10.2. The molecule has 4 nitrogen and oxygen atoms in total. The molecule has 2 rings (SSSR count). The molecule has 2 aromatic rings. The summed E-state index contributed by atoms with van der Waals surface area (Å²) in [6.07, 6.45) is 0. The summed E-state index contributed by atoms with van der Waals surface area (Å²) in [5, 5.41) is 9.79. The topological polar surface area (TPSA) is 71.9 Å². The number of nitrogens with zero attached hydrogens (tertiary/aromatic N) is 2. The SMILES string of the molecule is Cc1nc(COc2c(N)cc(C#N)cc2I)sc1C. The Morgan fingerprint density at radius 3 is 2.74 bits per heavy atom. The fourth-order valence-electron chi connectivity index (χ4n) is 1.57. The van der Waals surface area contributed by atoms with Crippen LogP contribution in [0.2, 0.25) is 0 Å². The Bertz CT molecular complexity index is 618. The molecule has 0 radical (unpaired) electrons. The average molecular weight is 385 g/mol. The van der Waals surface area contributed by atoms with E-state index in [9.17, 15) is 0 Å². The first kappa shape index (κ1) is 14.1. The number of aromatic nitrogens is 1. The molecule has 1 aromatic carbocycles. The Labute approximate surface area is 129 Å². The number of anilines is 1. The first-order chi connectivity index (χ1) is 9.01. The quantitative estimate of drug-likeness (QED) is 0.650. The number of hydrogen-bond donors (Lipinski definition) is 1. The first-order valence-electron chi connectivity index (χ1n) is 5.56. The van der Waals surface area contributed by atoms with Crippen molar-refractivity contribution in [3.63, 3.8) is 0 Å². The predicted molar refractivity (Wildman–Crippen MR) is 84.2 cm³/mol. The lowest BCUT2D eigenvalue weighted by Crippen LogP contribution is -2.01. The number of ether oxygens (including phenoxy) is 1. The third-order valence-electron chi connectivity index (χ3n) is 2.61. The molecule has 0 saturated carbocycles. The highest BCUT2D eigenvalue weighted by Gasteiger charge is 2.10. The van der Waals surface area contributed by atoms with Crippen LogP contribution in [0.25, 0.3) is 0 Å². The standard InChI is InChI=1S/C13H12IN3OS/c1-7-8(2)19-12(17-7)6-18-13-10(14)3-9(5-15)4-11(13)16/h3-4H,6,16H2,1-2H3. The molecule has 2 N–H and O–H groups in total. The van der Waals surface area contributed by atoms with Crippen LogP contribution in [0.5, 0.6) is 5.75 Å². The third-order valence-corrected chi connectivity index (χ3v) is 4.46. The Kier molecular flexibility index (Phi) is 4.27. The zero-order valence-corrected chi connectivity index (χ0v) is 13.5. The summed E-state index contributed by atoms with van der Waals surface area (Å²) in [6, 6.07) is 5.45. The highest BCUT2D eigenvalue weighted by atomic mass is 127. The number of nitrogens with two attached hydrogens (primary N) is 1. The van der Waals surface area contributed by atoms with E-state index in [1.54, 1.807) is 23.5 Å². The molecule has 0 aliphatic carbocycles. The van der Waals surface area contributed by atoms with E-state index in [0.717, 1.165) is 14.3 Å².